The van der Waals surface area contributed by atoms with Gasteiger partial charge in [-0.1, -0.05) is 12.1 Å². The Morgan fingerprint density at radius 1 is 1.26 bits per heavy atom. The van der Waals surface area contributed by atoms with Crippen molar-refractivity contribution in [2.24, 2.45) is 0 Å². The SMILES string of the molecule is CC(C)N1CC[C@H]2[C@@H](C1)c1cccc3c1N2CCS3. The van der Waals surface area contributed by atoms with Crippen molar-refractivity contribution >= 4 is 17.4 Å². The summed E-state index contributed by atoms with van der Waals surface area (Å²) in [4.78, 5) is 6.91. The average Bonchev–Trinajstić information content (AvgIpc) is 2.76. The maximum atomic E-state index is 2.73. The van der Waals surface area contributed by atoms with Gasteiger partial charge >= 0.3 is 0 Å². The second-order valence-corrected chi connectivity index (χ2v) is 7.42. The van der Waals surface area contributed by atoms with E-state index in [1.807, 2.05) is 11.8 Å². The van der Waals surface area contributed by atoms with Crippen molar-refractivity contribution in [2.45, 2.75) is 43.2 Å². The van der Waals surface area contributed by atoms with Crippen molar-refractivity contribution in [1.29, 1.82) is 0 Å². The average molecular weight is 274 g/mol. The molecule has 0 saturated carbocycles. The molecule has 19 heavy (non-hydrogen) atoms. The van der Waals surface area contributed by atoms with Gasteiger partial charge in [-0.15, -0.1) is 11.8 Å². The van der Waals surface area contributed by atoms with Crippen LogP contribution in [-0.2, 0) is 0 Å². The van der Waals surface area contributed by atoms with Crippen molar-refractivity contribution in [3.8, 4) is 0 Å². The zero-order chi connectivity index (χ0) is 13.0. The first-order valence-corrected chi connectivity index (χ1v) is 8.50. The smallest absolute Gasteiger partial charge is 0.0544 e. The number of hydrogen-bond donors (Lipinski definition) is 0. The predicted octanol–water partition coefficient (Wildman–Crippen LogP) is 3.18. The molecule has 0 unspecified atom stereocenters. The minimum atomic E-state index is 0.682. The van der Waals surface area contributed by atoms with Gasteiger partial charge in [-0.05, 0) is 31.9 Å². The summed E-state index contributed by atoms with van der Waals surface area (Å²) in [6, 6.07) is 8.41. The number of rotatable bonds is 1. The van der Waals surface area contributed by atoms with Crippen molar-refractivity contribution in [1.82, 2.24) is 4.90 Å². The molecule has 1 fully saturated rings. The van der Waals surface area contributed by atoms with E-state index in [0.29, 0.717) is 6.04 Å². The number of benzene rings is 1. The molecule has 0 bridgehead atoms. The van der Waals surface area contributed by atoms with Crippen LogP contribution in [-0.4, -0.2) is 42.4 Å². The van der Waals surface area contributed by atoms with Gasteiger partial charge in [-0.25, -0.2) is 0 Å². The minimum Gasteiger partial charge on any atom is -0.366 e. The highest BCUT2D eigenvalue weighted by atomic mass is 32.2. The van der Waals surface area contributed by atoms with E-state index in [1.54, 1.807) is 11.3 Å². The first-order chi connectivity index (χ1) is 9.25. The highest BCUT2D eigenvalue weighted by Gasteiger charge is 2.43. The maximum absolute atomic E-state index is 2.73. The van der Waals surface area contributed by atoms with E-state index in [0.717, 1.165) is 12.0 Å². The van der Waals surface area contributed by atoms with Gasteiger partial charge in [0.1, 0.15) is 0 Å². The molecule has 3 heteroatoms. The number of fused-ring (bicyclic) bond motifs is 3. The van der Waals surface area contributed by atoms with Crippen LogP contribution in [0.25, 0.3) is 0 Å². The van der Waals surface area contributed by atoms with Crippen LogP contribution in [0.3, 0.4) is 0 Å². The molecule has 3 aliphatic rings. The molecule has 1 saturated heterocycles. The Bertz CT molecular complexity index is 500. The fraction of sp³-hybridized carbons (Fsp3) is 0.625. The van der Waals surface area contributed by atoms with Gasteiger partial charge in [-0.3, -0.25) is 0 Å². The van der Waals surface area contributed by atoms with Gasteiger partial charge in [0.2, 0.25) is 0 Å². The van der Waals surface area contributed by atoms with Gasteiger partial charge in [-0.2, -0.15) is 0 Å². The van der Waals surface area contributed by atoms with E-state index in [-0.39, 0.29) is 0 Å². The largest absolute Gasteiger partial charge is 0.366 e. The van der Waals surface area contributed by atoms with E-state index in [2.05, 4.69) is 41.8 Å². The molecule has 1 aromatic rings. The summed E-state index contributed by atoms with van der Waals surface area (Å²) in [5.74, 6) is 2.00. The summed E-state index contributed by atoms with van der Waals surface area (Å²) < 4.78 is 0. The van der Waals surface area contributed by atoms with E-state index >= 15 is 0 Å². The molecule has 4 rings (SSSR count). The Balaban J connectivity index is 1.74. The Hall–Kier alpha value is -0.670. The van der Waals surface area contributed by atoms with Gasteiger partial charge in [0.15, 0.2) is 0 Å². The number of hydrogen-bond acceptors (Lipinski definition) is 3. The Morgan fingerprint density at radius 3 is 3.00 bits per heavy atom. The first-order valence-electron chi connectivity index (χ1n) is 7.52. The maximum Gasteiger partial charge on any atom is 0.0544 e. The molecule has 3 aliphatic heterocycles. The highest BCUT2D eigenvalue weighted by molar-refractivity contribution is 7.99. The molecule has 1 aromatic carbocycles. The lowest BCUT2D eigenvalue weighted by Crippen LogP contribution is -2.49. The van der Waals surface area contributed by atoms with Crippen molar-refractivity contribution < 1.29 is 0 Å². The lowest BCUT2D eigenvalue weighted by atomic mass is 9.88. The van der Waals surface area contributed by atoms with Crippen LogP contribution >= 0.6 is 11.8 Å². The molecular formula is C16H22N2S. The molecule has 0 radical (unpaired) electrons. The molecule has 2 nitrogen and oxygen atoms in total. The molecule has 2 atom stereocenters. The molecule has 0 aromatic heterocycles. The second-order valence-electron chi connectivity index (χ2n) is 6.29. The van der Waals surface area contributed by atoms with Crippen LogP contribution in [0.5, 0.6) is 0 Å². The Morgan fingerprint density at radius 2 is 2.16 bits per heavy atom. The van der Waals surface area contributed by atoms with Crippen molar-refractivity contribution in [2.75, 3.05) is 30.3 Å². The van der Waals surface area contributed by atoms with Crippen molar-refractivity contribution in [3.63, 3.8) is 0 Å². The van der Waals surface area contributed by atoms with Crippen LogP contribution in [0.15, 0.2) is 23.1 Å². The summed E-state index contributed by atoms with van der Waals surface area (Å²) in [5, 5.41) is 0. The zero-order valence-corrected chi connectivity index (χ0v) is 12.6. The van der Waals surface area contributed by atoms with Crippen LogP contribution in [0, 0.1) is 0 Å². The number of piperidine rings is 1. The zero-order valence-electron chi connectivity index (χ0n) is 11.8. The molecule has 0 amide bonds. The molecule has 3 heterocycles. The predicted molar refractivity (Wildman–Crippen MR) is 82.4 cm³/mol. The third kappa shape index (κ3) is 1.74. The van der Waals surface area contributed by atoms with Crippen molar-refractivity contribution in [3.05, 3.63) is 23.8 Å². The van der Waals surface area contributed by atoms with E-state index in [4.69, 9.17) is 0 Å². The molecule has 0 aliphatic carbocycles. The standard InChI is InChI=1S/C16H22N2S/c1-11(2)17-7-6-14-13(10-17)12-4-3-5-15-16(12)18(14)8-9-19-15/h3-5,11,13-14H,6-10H2,1-2H3/t13-,14-/m0/s1. The number of likely N-dealkylation sites (tertiary alicyclic amines) is 1. The minimum absolute atomic E-state index is 0.682. The van der Waals surface area contributed by atoms with Crippen LogP contribution in [0.2, 0.25) is 0 Å². The fourth-order valence-corrected chi connectivity index (χ4v) is 5.13. The van der Waals surface area contributed by atoms with Gasteiger partial charge in [0, 0.05) is 48.3 Å². The Kier molecular flexibility index (Phi) is 2.82. The summed E-state index contributed by atoms with van der Waals surface area (Å²) in [7, 11) is 0. The van der Waals surface area contributed by atoms with E-state index < -0.39 is 0 Å². The van der Waals surface area contributed by atoms with Crippen LogP contribution in [0.4, 0.5) is 5.69 Å². The third-order valence-electron chi connectivity index (χ3n) is 5.05. The number of thioether (sulfide) groups is 1. The summed E-state index contributed by atoms with van der Waals surface area (Å²) in [6.45, 7) is 8.43. The van der Waals surface area contributed by atoms with E-state index in [9.17, 15) is 0 Å². The molecule has 0 spiro atoms. The highest BCUT2D eigenvalue weighted by Crippen LogP contribution is 2.50. The number of para-hydroxylation sites is 1. The number of anilines is 1. The van der Waals surface area contributed by atoms with Gasteiger partial charge < -0.3 is 9.80 Å². The Labute approximate surface area is 120 Å². The molecule has 102 valence electrons. The lowest BCUT2D eigenvalue weighted by molar-refractivity contribution is 0.157. The summed E-state index contributed by atoms with van der Waals surface area (Å²) in [5.41, 5.74) is 3.21. The normalized spacial score (nSPS) is 29.5. The molecular weight excluding hydrogens is 252 g/mol. The lowest BCUT2D eigenvalue weighted by Gasteiger charge is -2.41. The topological polar surface area (TPSA) is 6.48 Å². The fourth-order valence-electron chi connectivity index (χ4n) is 4.07. The number of nitrogens with zero attached hydrogens (tertiary/aromatic N) is 2. The summed E-state index contributed by atoms with van der Waals surface area (Å²) in [6.07, 6.45) is 1.33. The second kappa shape index (κ2) is 4.42. The van der Waals surface area contributed by atoms with Crippen LogP contribution in [0.1, 0.15) is 31.7 Å². The summed E-state index contributed by atoms with van der Waals surface area (Å²) >= 11 is 2.04. The van der Waals surface area contributed by atoms with Crippen LogP contribution < -0.4 is 4.90 Å². The quantitative estimate of drug-likeness (QED) is 0.776. The van der Waals surface area contributed by atoms with Gasteiger partial charge in [0.05, 0.1) is 5.69 Å². The van der Waals surface area contributed by atoms with E-state index in [1.165, 1.54) is 36.7 Å². The monoisotopic (exact) mass is 274 g/mol. The first kappa shape index (κ1) is 12.1. The molecule has 0 N–H and O–H groups in total. The van der Waals surface area contributed by atoms with Gasteiger partial charge in [0.25, 0.3) is 0 Å². The third-order valence-corrected chi connectivity index (χ3v) is 6.07.